The second-order valence-electron chi connectivity index (χ2n) is 16.7. The Morgan fingerprint density at radius 1 is 0.238 bits per heavy atom. The van der Waals surface area contributed by atoms with Crippen LogP contribution in [0.2, 0.25) is 0 Å². The van der Waals surface area contributed by atoms with Gasteiger partial charge in [-0.3, -0.25) is 0 Å². The van der Waals surface area contributed by atoms with Gasteiger partial charge in [0, 0.05) is 16.9 Å². The van der Waals surface area contributed by atoms with Gasteiger partial charge in [-0.15, -0.1) is 0 Å². The molecular formula is C62H43N. The topological polar surface area (TPSA) is 3.24 Å². The zero-order chi connectivity index (χ0) is 41.8. The van der Waals surface area contributed by atoms with Crippen molar-refractivity contribution in [1.82, 2.24) is 0 Å². The lowest BCUT2D eigenvalue weighted by atomic mass is 9.67. The van der Waals surface area contributed by atoms with E-state index in [9.17, 15) is 0 Å². The molecule has 63 heavy (non-hydrogen) atoms. The number of hydrogen-bond donors (Lipinski definition) is 0. The van der Waals surface area contributed by atoms with Crippen molar-refractivity contribution in [1.29, 1.82) is 0 Å². The molecule has 0 saturated carbocycles. The molecule has 12 rings (SSSR count). The number of benzene rings is 10. The minimum absolute atomic E-state index is 0.482. The van der Waals surface area contributed by atoms with E-state index >= 15 is 0 Å². The maximum absolute atomic E-state index is 2.50. The molecule has 0 heterocycles. The highest BCUT2D eigenvalue weighted by Crippen LogP contribution is 2.59. The Morgan fingerprint density at radius 2 is 0.603 bits per heavy atom. The highest BCUT2D eigenvalue weighted by Gasteiger charge is 2.48. The Kier molecular flexibility index (Phi) is 8.69. The lowest BCUT2D eigenvalue weighted by Crippen LogP contribution is -2.29. The van der Waals surface area contributed by atoms with Crippen molar-refractivity contribution in [2.45, 2.75) is 10.8 Å². The number of hydrogen-bond acceptors (Lipinski definition) is 1. The van der Waals surface area contributed by atoms with E-state index in [0.717, 1.165) is 17.1 Å². The van der Waals surface area contributed by atoms with E-state index in [-0.39, 0.29) is 0 Å². The Labute approximate surface area is 369 Å². The van der Waals surface area contributed by atoms with Gasteiger partial charge in [-0.1, -0.05) is 231 Å². The summed E-state index contributed by atoms with van der Waals surface area (Å²) in [5, 5.41) is 0. The molecule has 0 fully saturated rings. The number of fused-ring (bicyclic) bond motifs is 6. The van der Waals surface area contributed by atoms with E-state index in [1.165, 1.54) is 77.9 Å². The van der Waals surface area contributed by atoms with Crippen molar-refractivity contribution in [2.75, 3.05) is 4.90 Å². The molecule has 0 aromatic heterocycles. The summed E-state index contributed by atoms with van der Waals surface area (Å²) in [6, 6.07) is 96.4. The van der Waals surface area contributed by atoms with E-state index in [4.69, 9.17) is 0 Å². The van der Waals surface area contributed by atoms with Crippen LogP contribution in [0.3, 0.4) is 0 Å². The fourth-order valence-electron chi connectivity index (χ4n) is 11.1. The van der Waals surface area contributed by atoms with Crippen molar-refractivity contribution >= 4 is 17.1 Å². The SMILES string of the molecule is c1ccc(-c2ccccc2N(c2ccc3c(c2)-c2ccccc2C3(c2ccccc2)c2ccccc2)c2ccc3c(c2)C(c2ccccc2)(c2ccccc2)c2ccccc2-3)cc1. The van der Waals surface area contributed by atoms with Crippen LogP contribution < -0.4 is 4.90 Å². The fraction of sp³-hybridized carbons (Fsp3) is 0.0323. The quantitative estimate of drug-likeness (QED) is 0.148. The molecule has 0 atom stereocenters. The summed E-state index contributed by atoms with van der Waals surface area (Å²) in [7, 11) is 0. The standard InChI is InChI=1S/C62H43N/c1-6-22-44(23-7-1)51-32-18-21-37-60(51)63(49-39-41-58-55(42-49)53-34-17-20-36-57(53)61(58,45-24-8-2-9-25-45)46-26-10-3-11-27-46)50-38-40-54-52-33-16-19-35-56(52)62(59(54)43-50,47-28-12-4-13-29-47)48-30-14-5-15-31-48/h1-43H. The summed E-state index contributed by atoms with van der Waals surface area (Å²) in [4.78, 5) is 2.50. The first-order chi connectivity index (χ1) is 31.3. The van der Waals surface area contributed by atoms with Crippen LogP contribution in [0.25, 0.3) is 33.4 Å². The predicted molar refractivity (Wildman–Crippen MR) is 261 cm³/mol. The molecule has 0 bridgehead atoms. The second-order valence-corrected chi connectivity index (χ2v) is 16.7. The molecule has 0 radical (unpaired) electrons. The Hall–Kier alpha value is -8.00. The minimum atomic E-state index is -0.531. The van der Waals surface area contributed by atoms with Gasteiger partial charge in [0.2, 0.25) is 0 Å². The van der Waals surface area contributed by atoms with Crippen molar-refractivity contribution < 1.29 is 0 Å². The largest absolute Gasteiger partial charge is 0.310 e. The summed E-state index contributed by atoms with van der Waals surface area (Å²) in [6.45, 7) is 0. The molecule has 10 aromatic carbocycles. The van der Waals surface area contributed by atoms with E-state index in [1.807, 2.05) is 0 Å². The molecule has 296 valence electrons. The van der Waals surface area contributed by atoms with Gasteiger partial charge in [-0.2, -0.15) is 0 Å². The summed E-state index contributed by atoms with van der Waals surface area (Å²) in [5.74, 6) is 0. The predicted octanol–water partition coefficient (Wildman–Crippen LogP) is 15.5. The smallest absolute Gasteiger partial charge is 0.0714 e. The Bertz CT molecular complexity index is 3190. The Morgan fingerprint density at radius 3 is 1.14 bits per heavy atom. The molecule has 0 amide bonds. The minimum Gasteiger partial charge on any atom is -0.310 e. The summed E-state index contributed by atoms with van der Waals surface area (Å²) in [5.41, 5.74) is 19.9. The van der Waals surface area contributed by atoms with Gasteiger partial charge < -0.3 is 4.90 Å². The van der Waals surface area contributed by atoms with Gasteiger partial charge >= 0.3 is 0 Å². The van der Waals surface area contributed by atoms with Crippen LogP contribution in [-0.2, 0) is 10.8 Å². The normalized spacial score (nSPS) is 13.7. The van der Waals surface area contributed by atoms with Crippen LogP contribution in [0.15, 0.2) is 261 Å². The summed E-state index contributed by atoms with van der Waals surface area (Å²) in [6.07, 6.45) is 0. The van der Waals surface area contributed by atoms with Gasteiger partial charge in [0.05, 0.1) is 16.5 Å². The highest BCUT2D eigenvalue weighted by atomic mass is 15.1. The van der Waals surface area contributed by atoms with Crippen molar-refractivity contribution in [3.63, 3.8) is 0 Å². The summed E-state index contributed by atoms with van der Waals surface area (Å²) >= 11 is 0. The van der Waals surface area contributed by atoms with Gasteiger partial charge in [0.1, 0.15) is 0 Å². The molecule has 2 aliphatic carbocycles. The summed E-state index contributed by atoms with van der Waals surface area (Å²) < 4.78 is 0. The molecule has 0 saturated heterocycles. The third kappa shape index (κ3) is 5.50. The lowest BCUT2D eigenvalue weighted by Gasteiger charge is -2.35. The van der Waals surface area contributed by atoms with E-state index in [2.05, 4.69) is 266 Å². The molecule has 1 heteroatoms. The van der Waals surface area contributed by atoms with Crippen molar-refractivity contribution in [2.24, 2.45) is 0 Å². The number of anilines is 3. The Balaban J connectivity index is 1.15. The average molecular weight is 802 g/mol. The third-order valence-corrected chi connectivity index (χ3v) is 13.6. The van der Waals surface area contributed by atoms with E-state index in [1.54, 1.807) is 0 Å². The maximum Gasteiger partial charge on any atom is 0.0714 e. The van der Waals surface area contributed by atoms with Crippen LogP contribution in [0, 0.1) is 0 Å². The van der Waals surface area contributed by atoms with Gasteiger partial charge in [-0.25, -0.2) is 0 Å². The molecule has 10 aromatic rings. The molecule has 0 spiro atoms. The van der Waals surface area contributed by atoms with Crippen molar-refractivity contribution in [3.8, 4) is 33.4 Å². The van der Waals surface area contributed by atoms with Crippen LogP contribution >= 0.6 is 0 Å². The van der Waals surface area contributed by atoms with Crippen LogP contribution in [0.1, 0.15) is 44.5 Å². The number of nitrogens with zero attached hydrogens (tertiary/aromatic N) is 1. The van der Waals surface area contributed by atoms with Gasteiger partial charge in [-0.05, 0) is 103 Å². The molecule has 2 aliphatic rings. The van der Waals surface area contributed by atoms with E-state index < -0.39 is 10.8 Å². The average Bonchev–Trinajstić information content (AvgIpc) is 3.83. The third-order valence-electron chi connectivity index (χ3n) is 13.6. The van der Waals surface area contributed by atoms with Crippen LogP contribution in [0.4, 0.5) is 17.1 Å². The maximum atomic E-state index is 2.50. The van der Waals surface area contributed by atoms with Gasteiger partial charge in [0.15, 0.2) is 0 Å². The highest BCUT2D eigenvalue weighted by molar-refractivity contribution is 5.95. The zero-order valence-corrected chi connectivity index (χ0v) is 34.8. The first-order valence-corrected chi connectivity index (χ1v) is 21.9. The molecule has 1 nitrogen and oxygen atoms in total. The molecular weight excluding hydrogens is 759 g/mol. The van der Waals surface area contributed by atoms with Gasteiger partial charge in [0.25, 0.3) is 0 Å². The number of para-hydroxylation sites is 1. The molecule has 0 N–H and O–H groups in total. The fourth-order valence-corrected chi connectivity index (χ4v) is 11.1. The second kappa shape index (κ2) is 14.9. The van der Waals surface area contributed by atoms with Crippen LogP contribution in [-0.4, -0.2) is 0 Å². The first kappa shape index (κ1) is 36.8. The van der Waals surface area contributed by atoms with Crippen molar-refractivity contribution in [3.05, 3.63) is 305 Å². The lowest BCUT2D eigenvalue weighted by molar-refractivity contribution is 0.768. The molecule has 0 unspecified atom stereocenters. The number of rotatable bonds is 8. The van der Waals surface area contributed by atoms with E-state index in [0.29, 0.717) is 0 Å². The first-order valence-electron chi connectivity index (χ1n) is 21.9. The monoisotopic (exact) mass is 801 g/mol. The zero-order valence-electron chi connectivity index (χ0n) is 34.8. The van der Waals surface area contributed by atoms with Crippen LogP contribution in [0.5, 0.6) is 0 Å². The molecule has 0 aliphatic heterocycles.